The minimum atomic E-state index is -0.631. The van der Waals surface area contributed by atoms with E-state index in [1.807, 2.05) is 19.1 Å². The highest BCUT2D eigenvalue weighted by Gasteiger charge is 2.18. The van der Waals surface area contributed by atoms with Crippen LogP contribution in [-0.4, -0.2) is 10.8 Å². The molecule has 0 saturated carbocycles. The van der Waals surface area contributed by atoms with Crippen molar-refractivity contribution in [3.05, 3.63) is 62.7 Å². The van der Waals surface area contributed by atoms with E-state index < -0.39 is 10.8 Å². The molecule has 21 heavy (non-hydrogen) atoms. The van der Waals surface area contributed by atoms with Crippen LogP contribution in [0.4, 0.5) is 17.1 Å². The van der Waals surface area contributed by atoms with Crippen LogP contribution in [0.25, 0.3) is 0 Å². The van der Waals surface area contributed by atoms with Gasteiger partial charge in [-0.3, -0.25) is 14.9 Å². The molecule has 0 aliphatic carbocycles. The van der Waals surface area contributed by atoms with Crippen LogP contribution >= 0.6 is 11.6 Å². The average Bonchev–Trinajstić information content (AvgIpc) is 2.43. The van der Waals surface area contributed by atoms with Crippen molar-refractivity contribution in [3.8, 4) is 0 Å². The van der Waals surface area contributed by atoms with Gasteiger partial charge in [-0.05, 0) is 19.1 Å². The molecule has 0 radical (unpaired) electrons. The van der Waals surface area contributed by atoms with Gasteiger partial charge in [-0.2, -0.15) is 0 Å². The van der Waals surface area contributed by atoms with Crippen LogP contribution in [0, 0.1) is 17.0 Å². The van der Waals surface area contributed by atoms with Gasteiger partial charge in [0.05, 0.1) is 21.2 Å². The van der Waals surface area contributed by atoms with E-state index in [0.717, 1.165) is 17.7 Å². The predicted molar refractivity (Wildman–Crippen MR) is 81.7 cm³/mol. The third kappa shape index (κ3) is 3.29. The molecule has 0 unspecified atom stereocenters. The van der Waals surface area contributed by atoms with E-state index in [-0.39, 0.29) is 22.0 Å². The fourth-order valence-corrected chi connectivity index (χ4v) is 1.95. The summed E-state index contributed by atoms with van der Waals surface area (Å²) in [6.45, 7) is 1.92. The number of hydrogen-bond donors (Lipinski definition) is 2. The van der Waals surface area contributed by atoms with Crippen molar-refractivity contribution in [2.24, 2.45) is 0 Å². The topological polar surface area (TPSA) is 98.3 Å². The van der Waals surface area contributed by atoms with Gasteiger partial charge in [0.25, 0.3) is 11.6 Å². The maximum atomic E-state index is 12.2. The first kappa shape index (κ1) is 14.8. The van der Waals surface area contributed by atoms with Crippen molar-refractivity contribution in [1.82, 2.24) is 0 Å². The Hall–Kier alpha value is -2.60. The van der Waals surface area contributed by atoms with Gasteiger partial charge >= 0.3 is 0 Å². The number of amides is 1. The number of halogens is 1. The molecule has 0 bridgehead atoms. The lowest BCUT2D eigenvalue weighted by atomic mass is 10.1. The van der Waals surface area contributed by atoms with E-state index in [2.05, 4.69) is 5.32 Å². The number of nitrogen functional groups attached to an aromatic ring is 1. The number of nitrogens with one attached hydrogen (secondary N) is 1. The summed E-state index contributed by atoms with van der Waals surface area (Å²) in [6, 6.07) is 9.33. The van der Waals surface area contributed by atoms with E-state index in [0.29, 0.717) is 5.69 Å². The minimum absolute atomic E-state index is 0.00637. The molecule has 0 aliphatic rings. The molecule has 108 valence electrons. The van der Waals surface area contributed by atoms with Crippen molar-refractivity contribution in [1.29, 1.82) is 0 Å². The summed E-state index contributed by atoms with van der Waals surface area (Å²) in [4.78, 5) is 22.4. The van der Waals surface area contributed by atoms with E-state index in [1.54, 1.807) is 12.1 Å². The van der Waals surface area contributed by atoms with Gasteiger partial charge in [0, 0.05) is 17.8 Å². The molecule has 2 aromatic rings. The number of carbonyl (C=O) groups excluding carboxylic acids is 1. The van der Waals surface area contributed by atoms with E-state index >= 15 is 0 Å². The zero-order chi connectivity index (χ0) is 15.6. The Bertz CT molecular complexity index is 714. The minimum Gasteiger partial charge on any atom is -0.397 e. The van der Waals surface area contributed by atoms with E-state index in [4.69, 9.17) is 17.3 Å². The Morgan fingerprint density at radius 2 is 1.90 bits per heavy atom. The van der Waals surface area contributed by atoms with Crippen molar-refractivity contribution in [2.75, 3.05) is 11.1 Å². The van der Waals surface area contributed by atoms with Crippen LogP contribution in [0.5, 0.6) is 0 Å². The van der Waals surface area contributed by atoms with Crippen LogP contribution < -0.4 is 11.1 Å². The third-order valence-corrected chi connectivity index (χ3v) is 3.19. The largest absolute Gasteiger partial charge is 0.397 e. The zero-order valence-electron chi connectivity index (χ0n) is 11.1. The highest BCUT2D eigenvalue weighted by Crippen LogP contribution is 2.29. The Morgan fingerprint density at radius 3 is 2.48 bits per heavy atom. The number of nitro groups is 1. The van der Waals surface area contributed by atoms with Crippen LogP contribution in [-0.2, 0) is 0 Å². The molecule has 7 heteroatoms. The summed E-state index contributed by atoms with van der Waals surface area (Å²) >= 11 is 5.82. The summed E-state index contributed by atoms with van der Waals surface area (Å²) in [7, 11) is 0. The molecule has 0 atom stereocenters. The Kier molecular flexibility index (Phi) is 4.09. The monoisotopic (exact) mass is 305 g/mol. The number of anilines is 2. The normalized spacial score (nSPS) is 10.2. The molecule has 6 nitrogen and oxygen atoms in total. The second-order valence-electron chi connectivity index (χ2n) is 4.47. The first-order valence-corrected chi connectivity index (χ1v) is 6.37. The van der Waals surface area contributed by atoms with Gasteiger partial charge in [0.2, 0.25) is 0 Å². The van der Waals surface area contributed by atoms with Gasteiger partial charge in [0.1, 0.15) is 0 Å². The lowest BCUT2D eigenvalue weighted by molar-refractivity contribution is -0.384. The molecule has 1 amide bonds. The molecular formula is C14H12ClN3O3. The highest BCUT2D eigenvalue weighted by atomic mass is 35.5. The number of rotatable bonds is 3. The summed E-state index contributed by atoms with van der Waals surface area (Å²) in [5.41, 5.74) is 7.01. The first-order valence-electron chi connectivity index (χ1n) is 6.00. The predicted octanol–water partition coefficient (Wildman–Crippen LogP) is 3.39. The number of non-ortho nitro benzene ring substituents is 1. The molecule has 0 aliphatic heterocycles. The van der Waals surface area contributed by atoms with Gasteiger partial charge in [-0.1, -0.05) is 29.3 Å². The number of carbonyl (C=O) groups is 1. The number of aryl methyl sites for hydroxylation is 1. The summed E-state index contributed by atoms with van der Waals surface area (Å²) in [5.74, 6) is -0.554. The molecule has 2 rings (SSSR count). The van der Waals surface area contributed by atoms with Gasteiger partial charge in [-0.25, -0.2) is 0 Å². The van der Waals surface area contributed by atoms with Crippen molar-refractivity contribution >= 4 is 34.6 Å². The average molecular weight is 306 g/mol. The van der Waals surface area contributed by atoms with Crippen molar-refractivity contribution in [3.63, 3.8) is 0 Å². The molecule has 0 aromatic heterocycles. The first-order chi connectivity index (χ1) is 9.88. The standard InChI is InChI=1S/C14H12ClN3O3/c1-8-2-4-9(5-3-8)17-14(19)11-6-10(18(20)21)7-12(15)13(11)16/h2-7H,16H2,1H3,(H,17,19). The lowest BCUT2D eigenvalue weighted by Crippen LogP contribution is -2.14. The molecule has 0 spiro atoms. The molecule has 2 aromatic carbocycles. The van der Waals surface area contributed by atoms with E-state index in [9.17, 15) is 14.9 Å². The quantitative estimate of drug-likeness (QED) is 0.516. The van der Waals surface area contributed by atoms with Crippen LogP contribution in [0.2, 0.25) is 5.02 Å². The zero-order valence-corrected chi connectivity index (χ0v) is 11.8. The number of nitrogens with zero attached hydrogens (tertiary/aromatic N) is 1. The van der Waals surface area contributed by atoms with Gasteiger partial charge in [0.15, 0.2) is 0 Å². The van der Waals surface area contributed by atoms with Crippen LogP contribution in [0.3, 0.4) is 0 Å². The molecule has 0 heterocycles. The number of hydrogen-bond acceptors (Lipinski definition) is 4. The number of benzene rings is 2. The smallest absolute Gasteiger partial charge is 0.271 e. The maximum Gasteiger partial charge on any atom is 0.271 e. The molecule has 0 fully saturated rings. The van der Waals surface area contributed by atoms with Crippen LogP contribution in [0.1, 0.15) is 15.9 Å². The fraction of sp³-hybridized carbons (Fsp3) is 0.0714. The van der Waals surface area contributed by atoms with E-state index in [1.165, 1.54) is 0 Å². The van der Waals surface area contributed by atoms with Crippen molar-refractivity contribution < 1.29 is 9.72 Å². The van der Waals surface area contributed by atoms with Crippen molar-refractivity contribution in [2.45, 2.75) is 6.92 Å². The lowest BCUT2D eigenvalue weighted by Gasteiger charge is -2.09. The summed E-state index contributed by atoms with van der Waals surface area (Å²) < 4.78 is 0. The SMILES string of the molecule is Cc1ccc(NC(=O)c2cc([N+](=O)[O-])cc(Cl)c2N)cc1. The van der Waals surface area contributed by atoms with Crippen LogP contribution in [0.15, 0.2) is 36.4 Å². The Labute approximate surface area is 125 Å². The Morgan fingerprint density at radius 1 is 1.29 bits per heavy atom. The Balaban J connectivity index is 2.34. The fourth-order valence-electron chi connectivity index (χ4n) is 1.73. The second kappa shape index (κ2) is 5.80. The summed E-state index contributed by atoms with van der Waals surface area (Å²) in [5, 5.41) is 13.4. The second-order valence-corrected chi connectivity index (χ2v) is 4.87. The number of nitrogens with two attached hydrogens (primary N) is 1. The maximum absolute atomic E-state index is 12.2. The molecule has 3 N–H and O–H groups in total. The number of nitro benzene ring substituents is 1. The van der Waals surface area contributed by atoms with Gasteiger partial charge < -0.3 is 11.1 Å². The molecular weight excluding hydrogens is 294 g/mol. The van der Waals surface area contributed by atoms with Gasteiger partial charge in [-0.15, -0.1) is 0 Å². The highest BCUT2D eigenvalue weighted by molar-refractivity contribution is 6.34. The third-order valence-electron chi connectivity index (χ3n) is 2.88. The molecule has 0 saturated heterocycles. The summed E-state index contributed by atoms with van der Waals surface area (Å²) in [6.07, 6.45) is 0.